The number of rotatable bonds is 5. The van der Waals surface area contributed by atoms with E-state index in [4.69, 9.17) is 0 Å². The molecule has 0 aromatic heterocycles. The van der Waals surface area contributed by atoms with Gasteiger partial charge in [0.15, 0.2) is 0 Å². The normalized spacial score (nSPS) is 23.2. The van der Waals surface area contributed by atoms with E-state index < -0.39 is 5.41 Å². The number of hydrogen-bond acceptors (Lipinski definition) is 1. The lowest BCUT2D eigenvalue weighted by Gasteiger charge is -2.57. The van der Waals surface area contributed by atoms with Crippen LogP contribution in [0.1, 0.15) is 65.5 Å². The fourth-order valence-electron chi connectivity index (χ4n) is 13.6. The first kappa shape index (κ1) is 34.4. The lowest BCUT2D eigenvalue weighted by Crippen LogP contribution is -2.51. The third kappa shape index (κ3) is 4.75. The molecule has 5 aliphatic carbocycles. The van der Waals surface area contributed by atoms with Gasteiger partial charge in [-0.2, -0.15) is 0 Å². The van der Waals surface area contributed by atoms with Crippen molar-refractivity contribution in [3.8, 4) is 33.4 Å². The van der Waals surface area contributed by atoms with Gasteiger partial charge in [-0.15, -0.1) is 0 Å². The van der Waals surface area contributed by atoms with Crippen molar-refractivity contribution >= 4 is 17.1 Å². The van der Waals surface area contributed by atoms with E-state index in [2.05, 4.69) is 205 Å². The maximum atomic E-state index is 2.64. The van der Waals surface area contributed by atoms with Crippen LogP contribution < -0.4 is 4.90 Å². The molecule has 3 bridgehead atoms. The van der Waals surface area contributed by atoms with Gasteiger partial charge in [0.2, 0.25) is 0 Å². The van der Waals surface area contributed by atoms with Crippen molar-refractivity contribution in [3.05, 3.63) is 234 Å². The van der Waals surface area contributed by atoms with Crippen molar-refractivity contribution in [2.75, 3.05) is 4.90 Å². The zero-order valence-corrected chi connectivity index (χ0v) is 33.8. The second-order valence-electron chi connectivity index (χ2n) is 18.5. The van der Waals surface area contributed by atoms with E-state index in [1.54, 1.807) is 11.1 Å². The smallest absolute Gasteiger partial charge is 0.0720 e. The Hall–Kier alpha value is -6.44. The Morgan fingerprint density at radius 3 is 1.42 bits per heavy atom. The lowest BCUT2D eigenvalue weighted by atomic mass is 9.46. The van der Waals surface area contributed by atoms with Crippen molar-refractivity contribution in [1.29, 1.82) is 0 Å². The summed E-state index contributed by atoms with van der Waals surface area (Å²) in [4.78, 5) is 2.51. The van der Waals surface area contributed by atoms with E-state index in [0.717, 1.165) is 29.1 Å². The Bertz CT molecular complexity index is 2800. The Kier molecular flexibility index (Phi) is 7.48. The largest absolute Gasteiger partial charge is 0.310 e. The number of hydrogen-bond donors (Lipinski definition) is 0. The fourth-order valence-corrected chi connectivity index (χ4v) is 13.6. The minimum atomic E-state index is -0.436. The molecule has 0 amide bonds. The van der Waals surface area contributed by atoms with Crippen LogP contribution in [0.25, 0.3) is 33.4 Å². The highest BCUT2D eigenvalue weighted by molar-refractivity contribution is 5.90. The average molecular weight is 770 g/mol. The summed E-state index contributed by atoms with van der Waals surface area (Å²) in [6, 6.07) is 76.0. The first-order valence-corrected chi connectivity index (χ1v) is 22.3. The summed E-state index contributed by atoms with van der Waals surface area (Å²) in [6.07, 6.45) is 6.87. The van der Waals surface area contributed by atoms with Crippen LogP contribution in [0, 0.1) is 23.7 Å². The van der Waals surface area contributed by atoms with Crippen LogP contribution in [0.15, 0.2) is 200 Å². The van der Waals surface area contributed by atoms with Crippen LogP contribution in [0.4, 0.5) is 17.1 Å². The molecule has 0 heterocycles. The van der Waals surface area contributed by atoms with Gasteiger partial charge in [0.05, 0.1) is 5.41 Å². The van der Waals surface area contributed by atoms with E-state index in [-0.39, 0.29) is 5.41 Å². The standard InChI is InChI=1S/C59H47N/c1-3-13-40(14-4-1)42-23-27-47(28-24-42)60(48-29-25-43(26-30-48)41-15-5-2-6-16-41)49-31-32-55-57(37-49)59(52-19-9-7-17-50(52)51-18-8-10-20-53(51)59)56-22-12-11-21-54(56)58(55)38-45-34-39-33-44(45)36-46(58)35-39/h1-32,37,39,44-46H,33-36,38H2/t39-,44-,45?,46-,58?/m1/s1. The van der Waals surface area contributed by atoms with Crippen LogP contribution in [0.2, 0.25) is 0 Å². The Labute approximate surface area is 354 Å². The van der Waals surface area contributed by atoms with Crippen LogP contribution in [-0.4, -0.2) is 0 Å². The molecule has 60 heavy (non-hydrogen) atoms. The van der Waals surface area contributed by atoms with Gasteiger partial charge in [0, 0.05) is 22.5 Å². The first-order valence-electron chi connectivity index (χ1n) is 22.3. The summed E-state index contributed by atoms with van der Waals surface area (Å²) in [5.41, 5.74) is 19.7. The highest BCUT2D eigenvalue weighted by Gasteiger charge is 2.62. The molecular formula is C59H47N. The summed E-state index contributed by atoms with van der Waals surface area (Å²) in [5.74, 6) is 3.23. The van der Waals surface area contributed by atoms with Gasteiger partial charge in [-0.3, -0.25) is 0 Å². The van der Waals surface area contributed by atoms with Gasteiger partial charge in [-0.05, 0) is 159 Å². The highest BCUT2D eigenvalue weighted by Crippen LogP contribution is 2.70. The van der Waals surface area contributed by atoms with Gasteiger partial charge >= 0.3 is 0 Å². The second kappa shape index (κ2) is 13.0. The minimum Gasteiger partial charge on any atom is -0.310 e. The van der Waals surface area contributed by atoms with Crippen LogP contribution in [0.5, 0.6) is 0 Å². The quantitative estimate of drug-likeness (QED) is 0.169. The molecule has 0 aliphatic heterocycles. The summed E-state index contributed by atoms with van der Waals surface area (Å²) in [6.45, 7) is 0. The van der Waals surface area contributed by atoms with E-state index in [1.165, 1.54) is 93.4 Å². The lowest BCUT2D eigenvalue weighted by molar-refractivity contribution is 0.0990. The number of fused-ring (bicyclic) bond motifs is 14. The first-order chi connectivity index (χ1) is 29.7. The SMILES string of the molecule is c1ccc(-c2ccc(N(c3ccc(-c4ccccc4)cc3)c3ccc4c(c3)C3(c5ccccc5-c5ccccc53)c3ccccc3C43CC4C[C@H]5C[C@@H]4C[C@H]3C5)cc2)cc1. The number of benzene rings is 8. The van der Waals surface area contributed by atoms with Crippen LogP contribution >= 0.6 is 0 Å². The molecule has 1 heteroatoms. The molecule has 8 aromatic carbocycles. The fraction of sp³-hybridized carbons (Fsp3) is 0.186. The molecule has 0 N–H and O–H groups in total. The summed E-state index contributed by atoms with van der Waals surface area (Å²) >= 11 is 0. The molecule has 0 saturated heterocycles. The van der Waals surface area contributed by atoms with Gasteiger partial charge in [-0.25, -0.2) is 0 Å². The van der Waals surface area contributed by atoms with Crippen molar-refractivity contribution < 1.29 is 0 Å². The van der Waals surface area contributed by atoms with Gasteiger partial charge in [0.25, 0.3) is 0 Å². The zero-order valence-electron chi connectivity index (χ0n) is 33.8. The van der Waals surface area contributed by atoms with Gasteiger partial charge in [0.1, 0.15) is 0 Å². The van der Waals surface area contributed by atoms with Crippen molar-refractivity contribution in [2.45, 2.75) is 42.9 Å². The van der Waals surface area contributed by atoms with E-state index in [9.17, 15) is 0 Å². The molecule has 8 aromatic rings. The molecule has 5 aliphatic rings. The summed E-state index contributed by atoms with van der Waals surface area (Å²) in [5, 5.41) is 0. The predicted molar refractivity (Wildman–Crippen MR) is 247 cm³/mol. The van der Waals surface area contributed by atoms with E-state index >= 15 is 0 Å². The second-order valence-corrected chi connectivity index (χ2v) is 18.5. The third-order valence-electron chi connectivity index (χ3n) is 15.8. The molecule has 2 spiro atoms. The summed E-state index contributed by atoms with van der Waals surface area (Å²) < 4.78 is 0. The molecule has 3 fully saturated rings. The van der Waals surface area contributed by atoms with Crippen molar-refractivity contribution in [3.63, 3.8) is 0 Å². The maximum absolute atomic E-state index is 2.64. The highest BCUT2D eigenvalue weighted by atomic mass is 15.1. The average Bonchev–Trinajstić information content (AvgIpc) is 3.73. The molecule has 5 atom stereocenters. The molecule has 3 saturated carbocycles. The maximum Gasteiger partial charge on any atom is 0.0720 e. The van der Waals surface area contributed by atoms with Crippen molar-refractivity contribution in [2.24, 2.45) is 23.7 Å². The molecule has 0 radical (unpaired) electrons. The number of anilines is 3. The molecule has 2 unspecified atom stereocenters. The molecule has 1 nitrogen and oxygen atoms in total. The van der Waals surface area contributed by atoms with Gasteiger partial charge < -0.3 is 4.90 Å². The summed E-state index contributed by atoms with van der Waals surface area (Å²) in [7, 11) is 0. The Morgan fingerprint density at radius 1 is 0.350 bits per heavy atom. The zero-order chi connectivity index (χ0) is 39.4. The number of nitrogens with zero attached hydrogens (tertiary/aromatic N) is 1. The van der Waals surface area contributed by atoms with Crippen molar-refractivity contribution in [1.82, 2.24) is 0 Å². The van der Waals surface area contributed by atoms with Gasteiger partial charge in [-0.1, -0.05) is 164 Å². The molecular weight excluding hydrogens is 723 g/mol. The Morgan fingerprint density at radius 2 is 0.817 bits per heavy atom. The van der Waals surface area contributed by atoms with E-state index in [0.29, 0.717) is 5.92 Å². The Balaban J connectivity index is 1.07. The third-order valence-corrected chi connectivity index (χ3v) is 15.8. The van der Waals surface area contributed by atoms with Crippen LogP contribution in [-0.2, 0) is 10.8 Å². The minimum absolute atomic E-state index is 0.00197. The molecule has 288 valence electrons. The molecule has 13 rings (SSSR count). The monoisotopic (exact) mass is 769 g/mol. The topological polar surface area (TPSA) is 3.24 Å². The van der Waals surface area contributed by atoms with E-state index in [1.807, 2.05) is 0 Å². The predicted octanol–water partition coefficient (Wildman–Crippen LogP) is 14.9. The van der Waals surface area contributed by atoms with Crippen LogP contribution in [0.3, 0.4) is 0 Å².